The van der Waals surface area contributed by atoms with Crippen molar-refractivity contribution in [1.82, 2.24) is 9.80 Å². The second kappa shape index (κ2) is 17.1. The zero-order valence-corrected chi connectivity index (χ0v) is 29.8. The maximum atomic E-state index is 14.4. The molecule has 0 saturated heterocycles. The zero-order valence-electron chi connectivity index (χ0n) is 29.0. The number of hydrogen-bond acceptors (Lipinski definition) is 8. The van der Waals surface area contributed by atoms with Crippen LogP contribution in [0.15, 0.2) is 71.6 Å². The standard InChI is InChI=1S/C37H51N3O7S/c1-26-10-17-33(18-11-26)48(43,44)38-31-14-19-35-34(21-31)37(42)40(28(3)25-41)22-27(2)36(46-20-8-7-9-29(4)47-35)24-39(5)23-30-12-15-32(45-6)16-13-30/h10-19,21,27-29,36,38,41H,7-9,20,22-25H2,1-6H3/t27-,28+,29+,36+/m1/s1. The van der Waals surface area contributed by atoms with Crippen LogP contribution in [-0.2, 0) is 21.3 Å². The Bertz CT molecular complexity index is 1580. The fourth-order valence-corrected chi connectivity index (χ4v) is 6.84. The third-order valence-electron chi connectivity index (χ3n) is 8.74. The number of hydrogen-bond donors (Lipinski definition) is 2. The van der Waals surface area contributed by atoms with Gasteiger partial charge >= 0.3 is 0 Å². The number of carbonyl (C=O) groups excluding carboxylic acids is 1. The number of aryl methyl sites for hydroxylation is 1. The molecule has 10 nitrogen and oxygen atoms in total. The largest absolute Gasteiger partial charge is 0.497 e. The van der Waals surface area contributed by atoms with Gasteiger partial charge < -0.3 is 24.2 Å². The molecule has 1 heterocycles. The number of likely N-dealkylation sites (N-methyl/N-ethyl adjacent to an activating group) is 1. The van der Waals surface area contributed by atoms with Gasteiger partial charge in [-0.25, -0.2) is 8.42 Å². The Morgan fingerprint density at radius 3 is 2.44 bits per heavy atom. The Labute approximate surface area is 286 Å². The number of nitrogens with zero attached hydrogens (tertiary/aromatic N) is 2. The first-order chi connectivity index (χ1) is 22.9. The van der Waals surface area contributed by atoms with E-state index in [-0.39, 0.29) is 46.8 Å². The fraction of sp³-hybridized carbons (Fsp3) is 0.486. The van der Waals surface area contributed by atoms with Gasteiger partial charge in [-0.15, -0.1) is 0 Å². The summed E-state index contributed by atoms with van der Waals surface area (Å²) >= 11 is 0. The number of anilines is 1. The van der Waals surface area contributed by atoms with Crippen molar-refractivity contribution < 1.29 is 32.5 Å². The van der Waals surface area contributed by atoms with Gasteiger partial charge in [-0.05, 0) is 95.1 Å². The molecule has 0 fully saturated rings. The van der Waals surface area contributed by atoms with Crippen molar-refractivity contribution in [2.75, 3.05) is 45.2 Å². The molecule has 0 radical (unpaired) electrons. The molecular weight excluding hydrogens is 630 g/mol. The highest BCUT2D eigenvalue weighted by molar-refractivity contribution is 7.92. The van der Waals surface area contributed by atoms with Crippen LogP contribution < -0.4 is 14.2 Å². The van der Waals surface area contributed by atoms with Crippen LogP contribution >= 0.6 is 0 Å². The number of nitrogens with one attached hydrogen (secondary N) is 1. The van der Waals surface area contributed by atoms with Crippen LogP contribution in [-0.4, -0.2) is 87.9 Å². The molecule has 1 aliphatic rings. The second-order valence-electron chi connectivity index (χ2n) is 13.0. The number of aliphatic hydroxyl groups excluding tert-OH is 1. The maximum Gasteiger partial charge on any atom is 0.261 e. The average Bonchev–Trinajstić information content (AvgIpc) is 3.06. The minimum absolute atomic E-state index is 0.0873. The molecule has 0 spiro atoms. The number of fused-ring (bicyclic) bond motifs is 1. The van der Waals surface area contributed by atoms with Crippen molar-refractivity contribution in [2.45, 2.75) is 76.6 Å². The van der Waals surface area contributed by atoms with E-state index in [0.717, 1.165) is 42.7 Å². The lowest BCUT2D eigenvalue weighted by Crippen LogP contribution is -2.47. The summed E-state index contributed by atoms with van der Waals surface area (Å²) < 4.78 is 47.2. The summed E-state index contributed by atoms with van der Waals surface area (Å²) in [7, 11) is -0.200. The summed E-state index contributed by atoms with van der Waals surface area (Å²) in [6.07, 6.45) is 2.13. The Hall–Kier alpha value is -3.64. The third-order valence-corrected chi connectivity index (χ3v) is 10.1. The van der Waals surface area contributed by atoms with E-state index < -0.39 is 16.1 Å². The Kier molecular flexibility index (Phi) is 13.3. The van der Waals surface area contributed by atoms with Crippen LogP contribution in [0.2, 0.25) is 0 Å². The maximum absolute atomic E-state index is 14.4. The van der Waals surface area contributed by atoms with Crippen LogP contribution in [0.1, 0.15) is 61.5 Å². The van der Waals surface area contributed by atoms with Gasteiger partial charge in [0, 0.05) is 37.8 Å². The number of ether oxygens (including phenoxy) is 3. The van der Waals surface area contributed by atoms with Gasteiger partial charge in [0.15, 0.2) is 0 Å². The third kappa shape index (κ3) is 10.2. The first-order valence-electron chi connectivity index (χ1n) is 16.6. The SMILES string of the molecule is COc1ccc(CN(C)C[C@@H]2OCCCC[C@H](C)Oc3ccc(NS(=O)(=O)c4ccc(C)cc4)cc3C(=O)N([C@@H](C)CO)C[C@H]2C)cc1. The number of amides is 1. The first kappa shape index (κ1) is 37.2. The molecule has 4 atom stereocenters. The highest BCUT2D eigenvalue weighted by Gasteiger charge is 2.30. The van der Waals surface area contributed by atoms with Gasteiger partial charge in [-0.2, -0.15) is 0 Å². The molecule has 2 N–H and O–H groups in total. The number of sulfonamides is 1. The molecule has 3 aromatic carbocycles. The number of aliphatic hydroxyl groups is 1. The highest BCUT2D eigenvalue weighted by Crippen LogP contribution is 2.30. The van der Waals surface area contributed by atoms with Gasteiger partial charge in [-0.3, -0.25) is 14.4 Å². The van der Waals surface area contributed by atoms with E-state index in [0.29, 0.717) is 25.4 Å². The van der Waals surface area contributed by atoms with Crippen molar-refractivity contribution >= 4 is 21.6 Å². The molecule has 4 rings (SSSR count). The van der Waals surface area contributed by atoms with E-state index >= 15 is 0 Å². The molecule has 262 valence electrons. The molecule has 0 bridgehead atoms. The van der Waals surface area contributed by atoms with Gasteiger partial charge in [0.1, 0.15) is 11.5 Å². The molecule has 1 amide bonds. The summed E-state index contributed by atoms with van der Waals surface area (Å²) in [5, 5.41) is 10.3. The quantitative estimate of drug-likeness (QED) is 0.279. The summed E-state index contributed by atoms with van der Waals surface area (Å²) in [5.41, 5.74) is 2.56. The molecular formula is C37H51N3O7S. The lowest BCUT2D eigenvalue weighted by atomic mass is 10.0. The van der Waals surface area contributed by atoms with E-state index in [1.54, 1.807) is 55.3 Å². The van der Waals surface area contributed by atoms with E-state index in [9.17, 15) is 18.3 Å². The van der Waals surface area contributed by atoms with Crippen molar-refractivity contribution in [1.29, 1.82) is 0 Å². The van der Waals surface area contributed by atoms with Crippen LogP contribution in [0.25, 0.3) is 0 Å². The molecule has 1 aliphatic heterocycles. The lowest BCUT2D eigenvalue weighted by molar-refractivity contribution is -0.0177. The fourth-order valence-electron chi connectivity index (χ4n) is 5.79. The predicted octanol–water partition coefficient (Wildman–Crippen LogP) is 5.73. The Balaban J connectivity index is 1.62. The number of benzene rings is 3. The molecule has 11 heteroatoms. The zero-order chi connectivity index (χ0) is 34.8. The molecule has 0 unspecified atom stereocenters. The minimum atomic E-state index is -3.91. The van der Waals surface area contributed by atoms with Crippen LogP contribution in [0.3, 0.4) is 0 Å². The van der Waals surface area contributed by atoms with Crippen LogP contribution in [0.5, 0.6) is 11.5 Å². The second-order valence-corrected chi connectivity index (χ2v) is 14.7. The average molecular weight is 682 g/mol. The Morgan fingerprint density at radius 2 is 1.77 bits per heavy atom. The smallest absolute Gasteiger partial charge is 0.261 e. The van der Waals surface area contributed by atoms with Crippen molar-refractivity contribution in [3.63, 3.8) is 0 Å². The summed E-state index contributed by atoms with van der Waals surface area (Å²) in [4.78, 5) is 18.4. The van der Waals surface area contributed by atoms with Gasteiger partial charge in [0.25, 0.3) is 15.9 Å². The van der Waals surface area contributed by atoms with E-state index in [1.165, 1.54) is 6.07 Å². The van der Waals surface area contributed by atoms with Crippen molar-refractivity contribution in [3.8, 4) is 11.5 Å². The number of rotatable bonds is 10. The monoisotopic (exact) mass is 681 g/mol. The Morgan fingerprint density at radius 1 is 1.06 bits per heavy atom. The highest BCUT2D eigenvalue weighted by atomic mass is 32.2. The van der Waals surface area contributed by atoms with E-state index in [1.807, 2.05) is 38.1 Å². The van der Waals surface area contributed by atoms with Crippen molar-refractivity contribution in [2.24, 2.45) is 5.92 Å². The molecule has 0 aromatic heterocycles. The number of methoxy groups -OCH3 is 1. The molecule has 3 aromatic rings. The van der Waals surface area contributed by atoms with Crippen molar-refractivity contribution in [3.05, 3.63) is 83.4 Å². The van der Waals surface area contributed by atoms with Gasteiger partial charge in [0.2, 0.25) is 0 Å². The molecule has 48 heavy (non-hydrogen) atoms. The van der Waals surface area contributed by atoms with Crippen LogP contribution in [0.4, 0.5) is 5.69 Å². The van der Waals surface area contributed by atoms with E-state index in [4.69, 9.17) is 14.2 Å². The van der Waals surface area contributed by atoms with E-state index in [2.05, 4.69) is 23.6 Å². The topological polar surface area (TPSA) is 118 Å². The first-order valence-corrected chi connectivity index (χ1v) is 18.1. The summed E-state index contributed by atoms with van der Waals surface area (Å²) in [5.74, 6) is 0.738. The van der Waals surface area contributed by atoms with Gasteiger partial charge in [-0.1, -0.05) is 36.8 Å². The number of carbonyl (C=O) groups is 1. The normalized spacial score (nSPS) is 20.4. The lowest BCUT2D eigenvalue weighted by Gasteiger charge is -2.36. The van der Waals surface area contributed by atoms with Crippen LogP contribution in [0, 0.1) is 12.8 Å². The minimum Gasteiger partial charge on any atom is -0.497 e. The molecule has 0 saturated carbocycles. The van der Waals surface area contributed by atoms with Gasteiger partial charge in [0.05, 0.1) is 42.4 Å². The predicted molar refractivity (Wildman–Crippen MR) is 188 cm³/mol. The summed E-state index contributed by atoms with van der Waals surface area (Å²) in [6.45, 7) is 9.73. The molecule has 0 aliphatic carbocycles. The summed E-state index contributed by atoms with van der Waals surface area (Å²) in [6, 6.07) is 18.8.